The Labute approximate surface area is 128 Å². The molecular formula is C16H15N5O. The minimum Gasteiger partial charge on any atom is -0.339 e. The van der Waals surface area contributed by atoms with Crippen LogP contribution in [0.25, 0.3) is 0 Å². The second kappa shape index (κ2) is 6.22. The maximum Gasteiger partial charge on any atom is 0.274 e. The lowest BCUT2D eigenvalue weighted by Gasteiger charge is -2.14. The van der Waals surface area contributed by atoms with Crippen LogP contribution in [0, 0.1) is 11.3 Å². The lowest BCUT2D eigenvalue weighted by atomic mass is 10.2. The summed E-state index contributed by atoms with van der Waals surface area (Å²) < 4.78 is 0. The number of likely N-dealkylation sites (tertiary alicyclic amines) is 1. The SMILES string of the molecule is N#Cc1ccc(Nc2cnc(C(=O)N3CCCC3)cn2)cc1. The van der Waals surface area contributed by atoms with E-state index in [1.165, 1.54) is 6.20 Å². The third kappa shape index (κ3) is 3.04. The molecule has 3 rings (SSSR count). The Morgan fingerprint density at radius 1 is 1.14 bits per heavy atom. The van der Waals surface area contributed by atoms with E-state index >= 15 is 0 Å². The lowest BCUT2D eigenvalue weighted by Crippen LogP contribution is -2.28. The lowest BCUT2D eigenvalue weighted by molar-refractivity contribution is 0.0786. The highest BCUT2D eigenvalue weighted by atomic mass is 16.2. The molecule has 1 aliphatic heterocycles. The van der Waals surface area contributed by atoms with Crippen molar-refractivity contribution in [2.24, 2.45) is 0 Å². The molecule has 6 heteroatoms. The molecule has 6 nitrogen and oxygen atoms in total. The second-order valence-electron chi connectivity index (χ2n) is 5.10. The Morgan fingerprint density at radius 2 is 1.86 bits per heavy atom. The molecule has 0 radical (unpaired) electrons. The third-order valence-corrected chi connectivity index (χ3v) is 3.55. The van der Waals surface area contributed by atoms with Gasteiger partial charge in [-0.15, -0.1) is 0 Å². The number of aromatic nitrogens is 2. The first-order chi connectivity index (χ1) is 10.8. The fraction of sp³-hybridized carbons (Fsp3) is 0.250. The monoisotopic (exact) mass is 293 g/mol. The van der Waals surface area contributed by atoms with Gasteiger partial charge in [-0.05, 0) is 37.1 Å². The Hall–Kier alpha value is -2.94. The van der Waals surface area contributed by atoms with Crippen molar-refractivity contribution in [1.29, 1.82) is 5.26 Å². The number of benzene rings is 1. The van der Waals surface area contributed by atoms with E-state index in [-0.39, 0.29) is 5.91 Å². The van der Waals surface area contributed by atoms with Crippen molar-refractivity contribution in [2.75, 3.05) is 18.4 Å². The number of nitriles is 1. The number of nitrogens with zero attached hydrogens (tertiary/aromatic N) is 4. The van der Waals surface area contributed by atoms with Gasteiger partial charge in [-0.1, -0.05) is 0 Å². The van der Waals surface area contributed by atoms with Crippen molar-refractivity contribution in [3.8, 4) is 6.07 Å². The normalized spacial score (nSPS) is 13.7. The first-order valence-electron chi connectivity index (χ1n) is 7.15. The van der Waals surface area contributed by atoms with E-state index in [1.54, 1.807) is 35.4 Å². The van der Waals surface area contributed by atoms with Crippen LogP contribution in [0.5, 0.6) is 0 Å². The quantitative estimate of drug-likeness (QED) is 0.939. The highest BCUT2D eigenvalue weighted by Gasteiger charge is 2.20. The predicted octanol–water partition coefficient (Wildman–Crippen LogP) is 2.33. The number of rotatable bonds is 3. The summed E-state index contributed by atoms with van der Waals surface area (Å²) in [6, 6.07) is 9.10. The fourth-order valence-electron chi connectivity index (χ4n) is 2.36. The molecular weight excluding hydrogens is 278 g/mol. The van der Waals surface area contributed by atoms with Gasteiger partial charge in [0, 0.05) is 18.8 Å². The van der Waals surface area contributed by atoms with Crippen molar-refractivity contribution < 1.29 is 4.79 Å². The number of carbonyl (C=O) groups excluding carboxylic acids is 1. The summed E-state index contributed by atoms with van der Waals surface area (Å²) in [4.78, 5) is 22.4. The van der Waals surface area contributed by atoms with Crippen LogP contribution >= 0.6 is 0 Å². The minimum absolute atomic E-state index is 0.0603. The molecule has 1 fully saturated rings. The molecule has 1 aromatic heterocycles. The summed E-state index contributed by atoms with van der Waals surface area (Å²) >= 11 is 0. The van der Waals surface area contributed by atoms with Crippen molar-refractivity contribution >= 4 is 17.4 Å². The standard InChI is InChI=1S/C16H15N5O/c17-9-12-3-5-13(6-4-12)20-15-11-18-14(10-19-15)16(22)21-7-1-2-8-21/h3-6,10-11H,1-2,7-8H2,(H,19,20). The molecule has 110 valence electrons. The van der Waals surface area contributed by atoms with Crippen molar-refractivity contribution in [3.63, 3.8) is 0 Å². The zero-order valence-corrected chi connectivity index (χ0v) is 12.0. The molecule has 2 aromatic rings. The average molecular weight is 293 g/mol. The fourth-order valence-corrected chi connectivity index (χ4v) is 2.36. The maximum absolute atomic E-state index is 12.2. The van der Waals surface area contributed by atoms with Crippen LogP contribution in [0.4, 0.5) is 11.5 Å². The van der Waals surface area contributed by atoms with Crippen molar-refractivity contribution in [1.82, 2.24) is 14.9 Å². The van der Waals surface area contributed by atoms with Crippen LogP contribution in [-0.4, -0.2) is 33.9 Å². The maximum atomic E-state index is 12.2. The molecule has 22 heavy (non-hydrogen) atoms. The number of amides is 1. The first kappa shape index (κ1) is 14.0. The van der Waals surface area contributed by atoms with Gasteiger partial charge in [-0.2, -0.15) is 5.26 Å². The zero-order chi connectivity index (χ0) is 15.4. The smallest absolute Gasteiger partial charge is 0.274 e. The summed E-state index contributed by atoms with van der Waals surface area (Å²) in [5.74, 6) is 0.498. The van der Waals surface area contributed by atoms with Gasteiger partial charge in [0.15, 0.2) is 0 Å². The summed E-state index contributed by atoms with van der Waals surface area (Å²) in [5.41, 5.74) is 1.78. The van der Waals surface area contributed by atoms with Crippen LogP contribution in [-0.2, 0) is 0 Å². The Morgan fingerprint density at radius 3 is 2.45 bits per heavy atom. The molecule has 0 saturated carbocycles. The van der Waals surface area contributed by atoms with Gasteiger partial charge in [0.05, 0.1) is 24.0 Å². The van der Waals surface area contributed by atoms with E-state index < -0.39 is 0 Å². The molecule has 0 spiro atoms. The van der Waals surface area contributed by atoms with E-state index in [2.05, 4.69) is 21.4 Å². The Bertz CT molecular complexity index is 697. The number of anilines is 2. The summed E-state index contributed by atoms with van der Waals surface area (Å²) in [6.07, 6.45) is 5.14. The van der Waals surface area contributed by atoms with E-state index in [4.69, 9.17) is 5.26 Å². The van der Waals surface area contributed by atoms with Gasteiger partial charge in [-0.25, -0.2) is 9.97 Å². The molecule has 1 aromatic carbocycles. The topological polar surface area (TPSA) is 81.9 Å². The molecule has 1 saturated heterocycles. The summed E-state index contributed by atoms with van der Waals surface area (Å²) in [6.45, 7) is 1.59. The van der Waals surface area contributed by atoms with Gasteiger partial charge < -0.3 is 10.2 Å². The van der Waals surface area contributed by atoms with Crippen LogP contribution in [0.1, 0.15) is 28.9 Å². The van der Waals surface area contributed by atoms with Crippen molar-refractivity contribution in [3.05, 3.63) is 47.9 Å². The molecule has 0 unspecified atom stereocenters. The van der Waals surface area contributed by atoms with Gasteiger partial charge >= 0.3 is 0 Å². The van der Waals surface area contributed by atoms with E-state index in [0.29, 0.717) is 17.1 Å². The van der Waals surface area contributed by atoms with Crippen LogP contribution < -0.4 is 5.32 Å². The van der Waals surface area contributed by atoms with E-state index in [9.17, 15) is 4.79 Å². The van der Waals surface area contributed by atoms with E-state index in [0.717, 1.165) is 31.6 Å². The molecule has 1 N–H and O–H groups in total. The average Bonchev–Trinajstić information content (AvgIpc) is 3.10. The number of carbonyl (C=O) groups is 1. The van der Waals surface area contributed by atoms with Crippen molar-refractivity contribution in [2.45, 2.75) is 12.8 Å². The van der Waals surface area contributed by atoms with Gasteiger partial charge in [0.25, 0.3) is 5.91 Å². The summed E-state index contributed by atoms with van der Waals surface area (Å²) in [5, 5.41) is 11.8. The predicted molar refractivity (Wildman–Crippen MR) is 81.6 cm³/mol. The minimum atomic E-state index is -0.0603. The molecule has 1 amide bonds. The first-order valence-corrected chi connectivity index (χ1v) is 7.15. The molecule has 0 bridgehead atoms. The second-order valence-corrected chi connectivity index (χ2v) is 5.10. The molecule has 0 aliphatic carbocycles. The highest BCUT2D eigenvalue weighted by molar-refractivity contribution is 5.92. The van der Waals surface area contributed by atoms with Gasteiger partial charge in [0.2, 0.25) is 0 Å². The van der Waals surface area contributed by atoms with E-state index in [1.807, 2.05) is 0 Å². The summed E-state index contributed by atoms with van der Waals surface area (Å²) in [7, 11) is 0. The van der Waals surface area contributed by atoms with Crippen LogP contribution in [0.2, 0.25) is 0 Å². The molecule has 0 atom stereocenters. The number of nitrogens with one attached hydrogen (secondary N) is 1. The van der Waals surface area contributed by atoms with Crippen LogP contribution in [0.15, 0.2) is 36.7 Å². The van der Waals surface area contributed by atoms with Gasteiger partial charge in [-0.3, -0.25) is 4.79 Å². The molecule has 2 heterocycles. The zero-order valence-electron chi connectivity index (χ0n) is 12.0. The number of hydrogen-bond acceptors (Lipinski definition) is 5. The third-order valence-electron chi connectivity index (χ3n) is 3.55. The highest BCUT2D eigenvalue weighted by Crippen LogP contribution is 2.15. The van der Waals surface area contributed by atoms with Gasteiger partial charge in [0.1, 0.15) is 11.5 Å². The Kier molecular flexibility index (Phi) is 3.97. The Balaban J connectivity index is 1.68. The number of hydrogen-bond donors (Lipinski definition) is 1. The largest absolute Gasteiger partial charge is 0.339 e. The van der Waals surface area contributed by atoms with Crippen LogP contribution in [0.3, 0.4) is 0 Å². The molecule has 1 aliphatic rings.